The fourth-order valence-electron chi connectivity index (χ4n) is 2.36. The maximum atomic E-state index is 12.5. The molecule has 2 aromatic carbocycles. The first-order valence-corrected chi connectivity index (χ1v) is 8.32. The molecule has 0 saturated carbocycles. The van der Waals surface area contributed by atoms with Gasteiger partial charge in [0, 0.05) is 0 Å². The fraction of sp³-hybridized carbons (Fsp3) is 0.0667. The summed E-state index contributed by atoms with van der Waals surface area (Å²) in [5, 5.41) is 0. The Morgan fingerprint density at radius 3 is 1.91 bits per heavy atom. The molecule has 0 aliphatic carbocycles. The molecule has 0 fully saturated rings. The van der Waals surface area contributed by atoms with Crippen LogP contribution in [0, 0.1) is 0 Å². The molecule has 2 amide bonds. The Hall–Kier alpha value is -2.67. The van der Waals surface area contributed by atoms with Crippen molar-refractivity contribution in [2.75, 3.05) is 15.9 Å². The first-order valence-electron chi connectivity index (χ1n) is 6.43. The molecule has 1 heterocycles. The van der Waals surface area contributed by atoms with Crippen molar-refractivity contribution >= 4 is 33.2 Å². The van der Waals surface area contributed by atoms with Crippen LogP contribution in [0.3, 0.4) is 0 Å². The molecule has 0 aromatic heterocycles. The molecule has 0 atom stereocenters. The lowest BCUT2D eigenvalue weighted by Gasteiger charge is -2.18. The second kappa shape index (κ2) is 4.96. The molecular weight excluding hydrogens is 304 g/mol. The number of nitrogens with one attached hydrogen (secondary N) is 1. The van der Waals surface area contributed by atoms with Gasteiger partial charge in [-0.3, -0.25) is 14.3 Å². The van der Waals surface area contributed by atoms with Crippen LogP contribution in [0.5, 0.6) is 0 Å². The van der Waals surface area contributed by atoms with Gasteiger partial charge in [-0.2, -0.15) is 0 Å². The predicted octanol–water partition coefficient (Wildman–Crippen LogP) is 1.86. The number of carbonyl (C=O) groups is 2. The van der Waals surface area contributed by atoms with E-state index >= 15 is 0 Å². The van der Waals surface area contributed by atoms with Gasteiger partial charge in [0.1, 0.15) is 0 Å². The van der Waals surface area contributed by atoms with Crippen LogP contribution in [0.25, 0.3) is 0 Å². The molecule has 2 aromatic rings. The lowest BCUT2D eigenvalue weighted by atomic mass is 10.1. The molecule has 3 rings (SSSR count). The van der Waals surface area contributed by atoms with E-state index in [2.05, 4.69) is 4.72 Å². The highest BCUT2D eigenvalue weighted by atomic mass is 32.2. The lowest BCUT2D eigenvalue weighted by molar-refractivity contribution is 0.0926. The van der Waals surface area contributed by atoms with Crippen molar-refractivity contribution in [3.05, 3.63) is 59.7 Å². The van der Waals surface area contributed by atoms with Gasteiger partial charge in [-0.25, -0.2) is 13.3 Å². The van der Waals surface area contributed by atoms with E-state index in [4.69, 9.17) is 0 Å². The zero-order valence-electron chi connectivity index (χ0n) is 11.6. The summed E-state index contributed by atoms with van der Waals surface area (Å²) in [6.45, 7) is 0. The van der Waals surface area contributed by atoms with E-state index in [1.807, 2.05) is 0 Å². The lowest BCUT2D eigenvalue weighted by Crippen LogP contribution is -2.30. The molecule has 0 spiro atoms. The van der Waals surface area contributed by atoms with E-state index in [1.165, 1.54) is 12.1 Å². The molecule has 0 radical (unpaired) electrons. The van der Waals surface area contributed by atoms with Crippen LogP contribution in [0.4, 0.5) is 11.4 Å². The summed E-state index contributed by atoms with van der Waals surface area (Å²) in [6, 6.07) is 12.8. The van der Waals surface area contributed by atoms with Gasteiger partial charge in [-0.05, 0) is 24.3 Å². The van der Waals surface area contributed by atoms with Crippen molar-refractivity contribution in [1.29, 1.82) is 0 Å². The number of para-hydroxylation sites is 2. The van der Waals surface area contributed by atoms with Gasteiger partial charge in [-0.1, -0.05) is 24.3 Å². The molecule has 0 bridgehead atoms. The molecule has 1 N–H and O–H groups in total. The Kier molecular flexibility index (Phi) is 3.22. The minimum Gasteiger partial charge on any atom is -0.282 e. The van der Waals surface area contributed by atoms with Crippen molar-refractivity contribution in [1.82, 2.24) is 0 Å². The van der Waals surface area contributed by atoms with Gasteiger partial charge in [0.05, 0.1) is 28.8 Å². The van der Waals surface area contributed by atoms with E-state index in [-0.39, 0.29) is 11.4 Å². The van der Waals surface area contributed by atoms with Gasteiger partial charge in [-0.15, -0.1) is 0 Å². The molecule has 1 aliphatic rings. The molecule has 0 saturated heterocycles. The van der Waals surface area contributed by atoms with Crippen molar-refractivity contribution in [2.24, 2.45) is 0 Å². The normalized spacial score (nSPS) is 14.1. The van der Waals surface area contributed by atoms with Crippen molar-refractivity contribution < 1.29 is 18.0 Å². The van der Waals surface area contributed by atoms with Crippen molar-refractivity contribution in [3.8, 4) is 0 Å². The minimum absolute atomic E-state index is 0.180. The number of nitrogens with zero attached hydrogens (tertiary/aromatic N) is 1. The molecule has 22 heavy (non-hydrogen) atoms. The Morgan fingerprint density at radius 1 is 0.864 bits per heavy atom. The number of hydrogen-bond acceptors (Lipinski definition) is 4. The third-order valence-electron chi connectivity index (χ3n) is 3.23. The van der Waals surface area contributed by atoms with Crippen LogP contribution in [-0.4, -0.2) is 26.5 Å². The van der Waals surface area contributed by atoms with Crippen molar-refractivity contribution in [2.45, 2.75) is 0 Å². The average molecular weight is 316 g/mol. The number of benzene rings is 2. The molecule has 0 unspecified atom stereocenters. The summed E-state index contributed by atoms with van der Waals surface area (Å²) in [4.78, 5) is 25.9. The third kappa shape index (κ3) is 2.35. The molecule has 112 valence electrons. The maximum Gasteiger partial charge on any atom is 0.266 e. The Labute approximate surface area is 127 Å². The zero-order chi connectivity index (χ0) is 15.9. The van der Waals surface area contributed by atoms with Gasteiger partial charge in [0.25, 0.3) is 11.8 Å². The monoisotopic (exact) mass is 316 g/mol. The number of hydrogen-bond donors (Lipinski definition) is 1. The third-order valence-corrected chi connectivity index (χ3v) is 3.83. The van der Waals surface area contributed by atoms with E-state index in [1.54, 1.807) is 36.4 Å². The first kappa shape index (κ1) is 14.3. The SMILES string of the molecule is CS(=O)(=O)Nc1ccccc1N1C(=O)c2ccccc2C1=O. The standard InChI is InChI=1S/C15H12N2O4S/c1-22(20,21)16-12-8-4-5-9-13(12)17-14(18)10-6-2-3-7-11(10)15(17)19/h2-9,16H,1H3. The summed E-state index contributed by atoms with van der Waals surface area (Å²) >= 11 is 0. The molecule has 1 aliphatic heterocycles. The topological polar surface area (TPSA) is 83.6 Å². The van der Waals surface area contributed by atoms with E-state index in [0.717, 1.165) is 11.2 Å². The van der Waals surface area contributed by atoms with E-state index < -0.39 is 21.8 Å². The number of rotatable bonds is 3. The predicted molar refractivity (Wildman–Crippen MR) is 82.5 cm³/mol. The number of sulfonamides is 1. The fourth-order valence-corrected chi connectivity index (χ4v) is 2.93. The summed E-state index contributed by atoms with van der Waals surface area (Å²) in [5.41, 5.74) is 1.00. The van der Waals surface area contributed by atoms with Crippen LogP contribution >= 0.6 is 0 Å². The van der Waals surface area contributed by atoms with Gasteiger partial charge in [0.15, 0.2) is 0 Å². The number of imide groups is 1. The van der Waals surface area contributed by atoms with E-state index in [0.29, 0.717) is 11.1 Å². The second-order valence-electron chi connectivity index (χ2n) is 4.88. The smallest absolute Gasteiger partial charge is 0.266 e. The van der Waals surface area contributed by atoms with Crippen LogP contribution in [0.1, 0.15) is 20.7 Å². The Balaban J connectivity index is 2.11. The Morgan fingerprint density at radius 2 is 1.36 bits per heavy atom. The second-order valence-corrected chi connectivity index (χ2v) is 6.63. The summed E-state index contributed by atoms with van der Waals surface area (Å²) < 4.78 is 25.2. The quantitative estimate of drug-likeness (QED) is 0.876. The Bertz CT molecular complexity index is 855. The van der Waals surface area contributed by atoms with Crippen molar-refractivity contribution in [3.63, 3.8) is 0 Å². The van der Waals surface area contributed by atoms with Crippen LogP contribution in [0.2, 0.25) is 0 Å². The van der Waals surface area contributed by atoms with Crippen LogP contribution in [0.15, 0.2) is 48.5 Å². The summed E-state index contributed by atoms with van der Waals surface area (Å²) in [5.74, 6) is -0.938. The molecule has 7 heteroatoms. The highest BCUT2D eigenvalue weighted by Gasteiger charge is 2.37. The molecular formula is C15H12N2O4S. The first-order chi connectivity index (χ1) is 10.4. The highest BCUT2D eigenvalue weighted by Crippen LogP contribution is 2.33. The number of carbonyl (C=O) groups excluding carboxylic acids is 2. The maximum absolute atomic E-state index is 12.5. The van der Waals surface area contributed by atoms with Crippen LogP contribution in [-0.2, 0) is 10.0 Å². The molecule has 6 nitrogen and oxygen atoms in total. The van der Waals surface area contributed by atoms with Gasteiger partial charge in [0.2, 0.25) is 10.0 Å². The largest absolute Gasteiger partial charge is 0.282 e. The van der Waals surface area contributed by atoms with Crippen LogP contribution < -0.4 is 9.62 Å². The summed E-state index contributed by atoms with van der Waals surface area (Å²) in [7, 11) is -3.53. The number of amides is 2. The van der Waals surface area contributed by atoms with E-state index in [9.17, 15) is 18.0 Å². The highest BCUT2D eigenvalue weighted by molar-refractivity contribution is 7.92. The summed E-state index contributed by atoms with van der Waals surface area (Å²) in [6.07, 6.45) is 1.01. The number of fused-ring (bicyclic) bond motifs is 1. The van der Waals surface area contributed by atoms with Gasteiger partial charge < -0.3 is 0 Å². The minimum atomic E-state index is -3.53. The number of anilines is 2. The van der Waals surface area contributed by atoms with Gasteiger partial charge >= 0.3 is 0 Å². The zero-order valence-corrected chi connectivity index (χ0v) is 12.4. The average Bonchev–Trinajstić information content (AvgIpc) is 2.71.